The fourth-order valence-corrected chi connectivity index (χ4v) is 2.93. The van der Waals surface area contributed by atoms with Crippen LogP contribution in [0.25, 0.3) is 0 Å². The maximum absolute atomic E-state index is 12.9. The smallest absolute Gasteiger partial charge is 0.325 e. The number of esters is 2. The van der Waals surface area contributed by atoms with E-state index in [-0.39, 0.29) is 47.1 Å². The molecule has 14 nitrogen and oxygen atoms in total. The van der Waals surface area contributed by atoms with E-state index in [1.807, 2.05) is 0 Å². The third kappa shape index (κ3) is 4.10. The summed E-state index contributed by atoms with van der Waals surface area (Å²) in [4.78, 5) is 73.4. The summed E-state index contributed by atoms with van der Waals surface area (Å²) in [5.74, 6) is -4.76. The highest BCUT2D eigenvalue weighted by molar-refractivity contribution is 6.31. The van der Waals surface area contributed by atoms with Gasteiger partial charge in [-0.15, -0.1) is 0 Å². The molecule has 3 rings (SSSR count). The van der Waals surface area contributed by atoms with Gasteiger partial charge in [-0.1, -0.05) is 0 Å². The number of rotatable bonds is 8. The van der Waals surface area contributed by atoms with Gasteiger partial charge in [-0.25, -0.2) is 0 Å². The Morgan fingerprint density at radius 3 is 1.47 bits per heavy atom. The first-order valence-corrected chi connectivity index (χ1v) is 9.43. The number of aromatic amines is 2. The Labute approximate surface area is 179 Å². The monoisotopic (exact) mass is 446 g/mol. The number of fused-ring (bicyclic) bond motifs is 2. The number of H-pyrrole nitrogens is 2. The van der Waals surface area contributed by atoms with Crippen molar-refractivity contribution in [3.05, 3.63) is 33.9 Å². The minimum Gasteiger partial charge on any atom is -0.465 e. The number of nitrogens with zero attached hydrogens (tertiary/aromatic N) is 2. The van der Waals surface area contributed by atoms with Crippen LogP contribution >= 0.6 is 0 Å². The number of ketones is 2. The van der Waals surface area contributed by atoms with E-state index in [0.717, 1.165) is 0 Å². The minimum absolute atomic E-state index is 0.124. The van der Waals surface area contributed by atoms with E-state index in [1.54, 1.807) is 13.8 Å². The van der Waals surface area contributed by atoms with Crippen LogP contribution in [0.15, 0.2) is 0 Å². The number of aromatic nitrogens is 4. The van der Waals surface area contributed by atoms with Crippen LogP contribution in [0.4, 0.5) is 0 Å². The zero-order valence-corrected chi connectivity index (χ0v) is 17.0. The molecule has 168 valence electrons. The van der Waals surface area contributed by atoms with Crippen LogP contribution in [0.5, 0.6) is 0 Å². The van der Waals surface area contributed by atoms with Gasteiger partial charge in [0.15, 0.2) is 0 Å². The van der Waals surface area contributed by atoms with Gasteiger partial charge in [0.05, 0.1) is 24.3 Å². The minimum atomic E-state index is -0.862. The average molecular weight is 446 g/mol. The number of ether oxygens (including phenoxy) is 2. The Morgan fingerprint density at radius 2 is 1.12 bits per heavy atom. The highest BCUT2D eigenvalue weighted by Gasteiger charge is 2.41. The Balaban J connectivity index is 1.83. The summed E-state index contributed by atoms with van der Waals surface area (Å²) in [6, 6.07) is 0. The summed E-state index contributed by atoms with van der Waals surface area (Å²) in [6.07, 6.45) is 0. The molecule has 0 saturated heterocycles. The van der Waals surface area contributed by atoms with E-state index in [1.165, 1.54) is 0 Å². The molecule has 0 atom stereocenters. The van der Waals surface area contributed by atoms with Crippen molar-refractivity contribution in [2.24, 2.45) is 0 Å². The second-order valence-corrected chi connectivity index (χ2v) is 6.28. The standard InChI is InChI=1S/C18H18N6O8/c1-3-31-7(25)5-19-17(29)13-9-11(21-23-13)16(28)10-12(15(9)27)22-24-14(10)18(30)20-6-8(26)32-4-2/h3-6H2,1-2H3,(H,19,29)(H,20,30)(H,21,23)(H,22,24). The van der Waals surface area contributed by atoms with Crippen molar-refractivity contribution >= 4 is 35.3 Å². The molecule has 0 saturated carbocycles. The predicted octanol–water partition coefficient (Wildman–Crippen LogP) is -1.51. The first-order chi connectivity index (χ1) is 15.3. The van der Waals surface area contributed by atoms with Gasteiger partial charge in [-0.05, 0) is 13.8 Å². The van der Waals surface area contributed by atoms with E-state index in [2.05, 4.69) is 31.0 Å². The molecule has 0 spiro atoms. The molecule has 1 aliphatic rings. The van der Waals surface area contributed by atoms with Gasteiger partial charge in [0.2, 0.25) is 11.6 Å². The van der Waals surface area contributed by atoms with E-state index in [4.69, 9.17) is 9.47 Å². The third-order valence-corrected chi connectivity index (χ3v) is 4.27. The first-order valence-electron chi connectivity index (χ1n) is 9.43. The molecule has 1 aliphatic carbocycles. The summed E-state index contributed by atoms with van der Waals surface area (Å²) < 4.78 is 9.40. The fourth-order valence-electron chi connectivity index (χ4n) is 2.93. The maximum Gasteiger partial charge on any atom is 0.325 e. The first kappa shape index (κ1) is 22.3. The van der Waals surface area contributed by atoms with Gasteiger partial charge in [0.1, 0.15) is 35.9 Å². The Kier molecular flexibility index (Phi) is 6.42. The molecule has 14 heteroatoms. The van der Waals surface area contributed by atoms with Crippen molar-refractivity contribution in [2.45, 2.75) is 13.8 Å². The lowest BCUT2D eigenvalue weighted by Gasteiger charge is -2.11. The zero-order valence-electron chi connectivity index (χ0n) is 17.0. The van der Waals surface area contributed by atoms with E-state index in [0.29, 0.717) is 0 Å². The quantitative estimate of drug-likeness (QED) is 0.295. The zero-order chi connectivity index (χ0) is 23.4. The van der Waals surface area contributed by atoms with Crippen LogP contribution < -0.4 is 10.6 Å². The Hall–Kier alpha value is -4.36. The molecule has 2 amide bonds. The normalized spacial score (nSPS) is 11.9. The van der Waals surface area contributed by atoms with Crippen LogP contribution in [0, 0.1) is 0 Å². The molecule has 0 unspecified atom stereocenters. The molecule has 32 heavy (non-hydrogen) atoms. The lowest BCUT2D eigenvalue weighted by Crippen LogP contribution is -2.33. The molecule has 0 bridgehead atoms. The summed E-state index contributed by atoms with van der Waals surface area (Å²) in [5, 5.41) is 16.6. The molecule has 2 aromatic rings. The largest absolute Gasteiger partial charge is 0.465 e. The highest BCUT2D eigenvalue weighted by Crippen LogP contribution is 2.28. The number of nitrogens with one attached hydrogen (secondary N) is 4. The van der Waals surface area contributed by atoms with Gasteiger partial charge in [-0.3, -0.25) is 39.0 Å². The SMILES string of the molecule is CCOC(=O)CNC(=O)c1[nH]nc2c1C(=O)c1n[nH]c(C(=O)NCC(=O)OCC)c1C2=O. The van der Waals surface area contributed by atoms with Crippen molar-refractivity contribution in [2.75, 3.05) is 26.3 Å². The number of hydrogen-bond donors (Lipinski definition) is 4. The fraction of sp³-hybridized carbons (Fsp3) is 0.333. The molecular weight excluding hydrogens is 428 g/mol. The lowest BCUT2D eigenvalue weighted by molar-refractivity contribution is -0.142. The Bertz CT molecular complexity index is 1040. The topological polar surface area (TPSA) is 202 Å². The van der Waals surface area contributed by atoms with Gasteiger partial charge in [0, 0.05) is 0 Å². The molecule has 4 N–H and O–H groups in total. The maximum atomic E-state index is 12.9. The van der Waals surface area contributed by atoms with Gasteiger partial charge < -0.3 is 20.1 Å². The van der Waals surface area contributed by atoms with Crippen molar-refractivity contribution < 1.29 is 38.2 Å². The number of carbonyl (C=O) groups is 6. The summed E-state index contributed by atoms with van der Waals surface area (Å²) >= 11 is 0. The van der Waals surface area contributed by atoms with Crippen molar-refractivity contribution in [1.29, 1.82) is 0 Å². The molecule has 2 aromatic heterocycles. The van der Waals surface area contributed by atoms with Crippen molar-refractivity contribution in [3.63, 3.8) is 0 Å². The number of hydrogen-bond acceptors (Lipinski definition) is 10. The second-order valence-electron chi connectivity index (χ2n) is 6.28. The number of carbonyl (C=O) groups excluding carboxylic acids is 6. The predicted molar refractivity (Wildman–Crippen MR) is 102 cm³/mol. The lowest BCUT2D eigenvalue weighted by atomic mass is 9.90. The van der Waals surface area contributed by atoms with Gasteiger partial charge in [0.25, 0.3) is 11.8 Å². The third-order valence-electron chi connectivity index (χ3n) is 4.27. The van der Waals surface area contributed by atoms with Crippen molar-refractivity contribution in [1.82, 2.24) is 31.0 Å². The van der Waals surface area contributed by atoms with Crippen LogP contribution in [0.3, 0.4) is 0 Å². The molecule has 0 radical (unpaired) electrons. The Morgan fingerprint density at radius 1 is 0.750 bits per heavy atom. The molecule has 0 fully saturated rings. The molecule has 0 aliphatic heterocycles. The van der Waals surface area contributed by atoms with E-state index in [9.17, 15) is 28.8 Å². The summed E-state index contributed by atoms with van der Waals surface area (Å²) in [5.41, 5.74) is -2.13. The second kappa shape index (κ2) is 9.20. The molecule has 2 heterocycles. The van der Waals surface area contributed by atoms with E-state index < -0.39 is 48.4 Å². The van der Waals surface area contributed by atoms with Crippen LogP contribution in [-0.2, 0) is 19.1 Å². The van der Waals surface area contributed by atoms with Crippen LogP contribution in [0.2, 0.25) is 0 Å². The average Bonchev–Trinajstić information content (AvgIpc) is 3.40. The highest BCUT2D eigenvalue weighted by atomic mass is 16.5. The van der Waals surface area contributed by atoms with E-state index >= 15 is 0 Å². The van der Waals surface area contributed by atoms with Gasteiger partial charge in [-0.2, -0.15) is 10.2 Å². The van der Waals surface area contributed by atoms with Crippen molar-refractivity contribution in [3.8, 4) is 0 Å². The summed E-state index contributed by atoms with van der Waals surface area (Å²) in [6.45, 7) is 2.53. The molecule has 0 aromatic carbocycles. The molecular formula is C18H18N6O8. The van der Waals surface area contributed by atoms with Gasteiger partial charge >= 0.3 is 11.9 Å². The van der Waals surface area contributed by atoms with Crippen LogP contribution in [-0.4, -0.2) is 82.0 Å². The number of amides is 2. The summed E-state index contributed by atoms with van der Waals surface area (Å²) in [7, 11) is 0. The van der Waals surface area contributed by atoms with Crippen LogP contribution in [0.1, 0.15) is 66.9 Å².